The maximum Gasteiger partial charge on any atom is 0.277 e. The van der Waals surface area contributed by atoms with Gasteiger partial charge in [-0.1, -0.05) is 23.8 Å². The fraction of sp³-hybridized carbons (Fsp3) is 0.176. The third kappa shape index (κ3) is 4.63. The molecular formula is C17H18N2O3. The zero-order valence-corrected chi connectivity index (χ0v) is 12.5. The van der Waals surface area contributed by atoms with Gasteiger partial charge in [0.1, 0.15) is 11.5 Å². The minimum absolute atomic E-state index is 0.111. The molecule has 114 valence electrons. The van der Waals surface area contributed by atoms with Crippen molar-refractivity contribution >= 4 is 12.1 Å². The number of phenolic OH excluding ortho intramolecular Hbond substituents is 1. The van der Waals surface area contributed by atoms with Crippen molar-refractivity contribution in [1.29, 1.82) is 0 Å². The van der Waals surface area contributed by atoms with Crippen molar-refractivity contribution in [2.24, 2.45) is 5.10 Å². The fourth-order valence-corrected chi connectivity index (χ4v) is 1.84. The van der Waals surface area contributed by atoms with Gasteiger partial charge in [-0.25, -0.2) is 5.43 Å². The number of benzene rings is 2. The van der Waals surface area contributed by atoms with Crippen LogP contribution in [0.4, 0.5) is 0 Å². The Morgan fingerprint density at radius 2 is 2.00 bits per heavy atom. The van der Waals surface area contributed by atoms with Crippen LogP contribution in [0.15, 0.2) is 47.6 Å². The SMILES string of the molecule is Cc1cccc(OCC(=O)N/N=C/c2cc(C)ccc2O)c1. The lowest BCUT2D eigenvalue weighted by atomic mass is 10.1. The Hall–Kier alpha value is -2.82. The highest BCUT2D eigenvalue weighted by molar-refractivity contribution is 5.85. The van der Waals surface area contributed by atoms with E-state index in [1.165, 1.54) is 6.21 Å². The minimum atomic E-state index is -0.370. The van der Waals surface area contributed by atoms with Crippen molar-refractivity contribution in [2.75, 3.05) is 6.61 Å². The molecule has 0 heterocycles. The summed E-state index contributed by atoms with van der Waals surface area (Å²) in [6.45, 7) is 3.73. The van der Waals surface area contributed by atoms with Gasteiger partial charge in [-0.2, -0.15) is 5.10 Å². The Labute approximate surface area is 129 Å². The first-order valence-electron chi connectivity index (χ1n) is 6.85. The summed E-state index contributed by atoms with van der Waals surface area (Å²) in [5.74, 6) is 0.375. The fourth-order valence-electron chi connectivity index (χ4n) is 1.84. The standard InChI is InChI=1S/C17H18N2O3/c1-12-4-3-5-15(9-12)22-11-17(21)19-18-10-14-8-13(2)6-7-16(14)20/h3-10,20H,11H2,1-2H3,(H,19,21)/b18-10+. The Kier molecular flexibility index (Phi) is 5.14. The molecule has 0 atom stereocenters. The maximum atomic E-state index is 11.6. The monoisotopic (exact) mass is 298 g/mol. The second-order valence-electron chi connectivity index (χ2n) is 4.96. The zero-order chi connectivity index (χ0) is 15.9. The molecule has 1 amide bonds. The largest absolute Gasteiger partial charge is 0.507 e. The average molecular weight is 298 g/mol. The predicted octanol–water partition coefficient (Wildman–Crippen LogP) is 2.54. The van der Waals surface area contributed by atoms with E-state index in [0.29, 0.717) is 11.3 Å². The number of carbonyl (C=O) groups is 1. The van der Waals surface area contributed by atoms with Gasteiger partial charge in [-0.15, -0.1) is 0 Å². The van der Waals surface area contributed by atoms with E-state index in [1.54, 1.807) is 24.3 Å². The van der Waals surface area contributed by atoms with Crippen LogP contribution >= 0.6 is 0 Å². The summed E-state index contributed by atoms with van der Waals surface area (Å²) in [7, 11) is 0. The van der Waals surface area contributed by atoms with Crippen LogP contribution in [0, 0.1) is 13.8 Å². The number of aryl methyl sites for hydroxylation is 2. The number of amides is 1. The molecule has 0 saturated heterocycles. The molecular weight excluding hydrogens is 280 g/mol. The van der Waals surface area contributed by atoms with E-state index in [-0.39, 0.29) is 18.3 Å². The molecule has 2 rings (SSSR count). The van der Waals surface area contributed by atoms with Crippen molar-refractivity contribution in [1.82, 2.24) is 5.43 Å². The average Bonchev–Trinajstić information content (AvgIpc) is 2.49. The molecule has 0 saturated carbocycles. The number of nitrogens with zero attached hydrogens (tertiary/aromatic N) is 1. The number of carbonyl (C=O) groups excluding carboxylic acids is 1. The molecule has 0 radical (unpaired) electrons. The first kappa shape index (κ1) is 15.6. The third-order valence-corrected chi connectivity index (χ3v) is 2.94. The number of nitrogens with one attached hydrogen (secondary N) is 1. The van der Waals surface area contributed by atoms with Gasteiger partial charge >= 0.3 is 0 Å². The first-order valence-corrected chi connectivity index (χ1v) is 6.85. The van der Waals surface area contributed by atoms with Crippen LogP contribution in [0.5, 0.6) is 11.5 Å². The number of phenols is 1. The highest BCUT2D eigenvalue weighted by Crippen LogP contribution is 2.15. The van der Waals surface area contributed by atoms with Gasteiger partial charge in [0.05, 0.1) is 6.21 Å². The molecule has 0 aromatic heterocycles. The number of hydrazone groups is 1. The van der Waals surface area contributed by atoms with E-state index < -0.39 is 0 Å². The molecule has 0 bridgehead atoms. The van der Waals surface area contributed by atoms with E-state index in [1.807, 2.05) is 32.0 Å². The van der Waals surface area contributed by atoms with Gasteiger partial charge in [-0.05, 0) is 43.7 Å². The van der Waals surface area contributed by atoms with Crippen LogP contribution in [0.1, 0.15) is 16.7 Å². The summed E-state index contributed by atoms with van der Waals surface area (Å²) < 4.78 is 5.36. The highest BCUT2D eigenvalue weighted by Gasteiger charge is 2.02. The summed E-state index contributed by atoms with van der Waals surface area (Å²) in [6.07, 6.45) is 1.40. The van der Waals surface area contributed by atoms with Gasteiger partial charge in [0, 0.05) is 5.56 Å². The third-order valence-electron chi connectivity index (χ3n) is 2.94. The van der Waals surface area contributed by atoms with Crippen LogP contribution in [0.3, 0.4) is 0 Å². The van der Waals surface area contributed by atoms with Gasteiger partial charge in [0.2, 0.25) is 0 Å². The molecule has 0 unspecified atom stereocenters. The van der Waals surface area contributed by atoms with Crippen LogP contribution in [0.25, 0.3) is 0 Å². The number of rotatable bonds is 5. The summed E-state index contributed by atoms with van der Waals surface area (Å²) in [5.41, 5.74) is 4.95. The summed E-state index contributed by atoms with van der Waals surface area (Å²) in [6, 6.07) is 12.6. The molecule has 2 N–H and O–H groups in total. The van der Waals surface area contributed by atoms with E-state index in [4.69, 9.17) is 4.74 Å². The second kappa shape index (κ2) is 7.26. The van der Waals surface area contributed by atoms with Crippen molar-refractivity contribution in [3.05, 3.63) is 59.2 Å². The predicted molar refractivity (Wildman–Crippen MR) is 85.3 cm³/mol. The molecule has 5 nitrogen and oxygen atoms in total. The van der Waals surface area contributed by atoms with Crippen molar-refractivity contribution in [3.63, 3.8) is 0 Å². The Morgan fingerprint density at radius 3 is 2.77 bits per heavy atom. The lowest BCUT2D eigenvalue weighted by Crippen LogP contribution is -2.24. The van der Waals surface area contributed by atoms with Crippen molar-refractivity contribution in [2.45, 2.75) is 13.8 Å². The quantitative estimate of drug-likeness (QED) is 0.658. The Bertz CT molecular complexity index is 696. The molecule has 2 aromatic rings. The van der Waals surface area contributed by atoms with Crippen molar-refractivity contribution in [3.8, 4) is 11.5 Å². The topological polar surface area (TPSA) is 70.9 Å². The Balaban J connectivity index is 1.85. The number of aromatic hydroxyl groups is 1. The van der Waals surface area contributed by atoms with Gasteiger partial charge in [0.25, 0.3) is 5.91 Å². The maximum absolute atomic E-state index is 11.6. The van der Waals surface area contributed by atoms with Gasteiger partial charge < -0.3 is 9.84 Å². The molecule has 0 aliphatic rings. The summed E-state index contributed by atoms with van der Waals surface area (Å²) in [4.78, 5) is 11.6. The first-order chi connectivity index (χ1) is 10.5. The molecule has 22 heavy (non-hydrogen) atoms. The molecule has 2 aromatic carbocycles. The molecule has 0 spiro atoms. The Morgan fingerprint density at radius 1 is 1.23 bits per heavy atom. The lowest BCUT2D eigenvalue weighted by molar-refractivity contribution is -0.123. The zero-order valence-electron chi connectivity index (χ0n) is 12.5. The number of hydrogen-bond donors (Lipinski definition) is 2. The normalized spacial score (nSPS) is 10.6. The summed E-state index contributed by atoms with van der Waals surface area (Å²) in [5, 5.41) is 13.5. The number of hydrogen-bond acceptors (Lipinski definition) is 4. The smallest absolute Gasteiger partial charge is 0.277 e. The van der Waals surface area contributed by atoms with E-state index >= 15 is 0 Å². The van der Waals surface area contributed by atoms with E-state index in [2.05, 4.69) is 10.5 Å². The second-order valence-corrected chi connectivity index (χ2v) is 4.96. The van der Waals surface area contributed by atoms with Crippen molar-refractivity contribution < 1.29 is 14.6 Å². The van der Waals surface area contributed by atoms with Gasteiger partial charge in [0.15, 0.2) is 6.61 Å². The lowest BCUT2D eigenvalue weighted by Gasteiger charge is -2.05. The molecule has 5 heteroatoms. The van der Waals surface area contributed by atoms with Crippen LogP contribution in [0.2, 0.25) is 0 Å². The van der Waals surface area contributed by atoms with Gasteiger partial charge in [-0.3, -0.25) is 4.79 Å². The van der Waals surface area contributed by atoms with E-state index in [0.717, 1.165) is 11.1 Å². The summed E-state index contributed by atoms with van der Waals surface area (Å²) >= 11 is 0. The van der Waals surface area contributed by atoms with E-state index in [9.17, 15) is 9.90 Å². The molecule has 0 aliphatic carbocycles. The number of ether oxygens (including phenoxy) is 1. The van der Waals surface area contributed by atoms with Crippen LogP contribution in [-0.4, -0.2) is 23.8 Å². The molecule has 0 aliphatic heterocycles. The highest BCUT2D eigenvalue weighted by atomic mass is 16.5. The van der Waals surface area contributed by atoms with Crippen LogP contribution in [-0.2, 0) is 4.79 Å². The minimum Gasteiger partial charge on any atom is -0.507 e. The molecule has 0 fully saturated rings. The van der Waals surface area contributed by atoms with Crippen LogP contribution < -0.4 is 10.2 Å².